The minimum Gasteiger partial charge on any atom is -0.463 e. The van der Waals surface area contributed by atoms with Crippen LogP contribution in [0.4, 0.5) is 0 Å². The Labute approximate surface area is 182 Å². The van der Waals surface area contributed by atoms with Crippen LogP contribution < -0.4 is 5.32 Å². The molecule has 0 unspecified atom stereocenters. The largest absolute Gasteiger partial charge is 0.463 e. The Morgan fingerprint density at radius 3 is 2.45 bits per heavy atom. The molecule has 0 aromatic heterocycles. The lowest BCUT2D eigenvalue weighted by Crippen LogP contribution is -2.45. The van der Waals surface area contributed by atoms with E-state index in [1.165, 1.54) is 13.0 Å². The van der Waals surface area contributed by atoms with E-state index in [-0.39, 0.29) is 5.91 Å². The maximum Gasteiger partial charge on any atom is 0.330 e. The lowest BCUT2D eigenvalue weighted by Gasteiger charge is -2.22. The van der Waals surface area contributed by atoms with Crippen molar-refractivity contribution in [3.63, 3.8) is 0 Å². The highest BCUT2D eigenvalue weighted by molar-refractivity contribution is 5.84. The van der Waals surface area contributed by atoms with Crippen LogP contribution in [0.2, 0.25) is 0 Å². The van der Waals surface area contributed by atoms with E-state index in [2.05, 4.69) is 5.32 Å². The van der Waals surface area contributed by atoms with Gasteiger partial charge in [0.25, 0.3) is 0 Å². The fourth-order valence-corrected chi connectivity index (χ4v) is 2.76. The van der Waals surface area contributed by atoms with E-state index in [9.17, 15) is 14.4 Å². The molecule has 0 bridgehead atoms. The normalized spacial score (nSPS) is 20.0. The Bertz CT molecular complexity index is 839. The van der Waals surface area contributed by atoms with Gasteiger partial charge < -0.3 is 19.5 Å². The summed E-state index contributed by atoms with van der Waals surface area (Å²) in [6, 6.07) is 8.61. The Morgan fingerprint density at radius 1 is 1.16 bits per heavy atom. The number of esters is 2. The Kier molecular flexibility index (Phi) is 9.21. The highest BCUT2D eigenvalue weighted by Crippen LogP contribution is 2.33. The summed E-state index contributed by atoms with van der Waals surface area (Å²) in [6.45, 7) is 5.74. The monoisotopic (exact) mass is 427 g/mol. The summed E-state index contributed by atoms with van der Waals surface area (Å²) in [5.41, 5.74) is 0.310. The summed E-state index contributed by atoms with van der Waals surface area (Å²) in [4.78, 5) is 35.7. The molecule has 1 amide bonds. The number of carbonyl (C=O) groups excluding carboxylic acids is 3. The average Bonchev–Trinajstić information content (AvgIpc) is 3.48. The summed E-state index contributed by atoms with van der Waals surface area (Å²) in [5.74, 6) is -1.25. The van der Waals surface area contributed by atoms with Crippen molar-refractivity contribution in [2.45, 2.75) is 44.9 Å². The maximum absolute atomic E-state index is 12.8. The summed E-state index contributed by atoms with van der Waals surface area (Å²) < 4.78 is 16.0. The highest BCUT2D eigenvalue weighted by atomic mass is 16.6. The van der Waals surface area contributed by atoms with E-state index in [0.717, 1.165) is 5.56 Å². The number of epoxide rings is 1. The van der Waals surface area contributed by atoms with Gasteiger partial charge in [0.2, 0.25) is 5.91 Å². The van der Waals surface area contributed by atoms with Gasteiger partial charge in [-0.3, -0.25) is 4.79 Å². The van der Waals surface area contributed by atoms with Crippen molar-refractivity contribution in [1.29, 1.82) is 0 Å². The number of hydrogen-bond donors (Lipinski definition) is 1. The van der Waals surface area contributed by atoms with Crippen LogP contribution in [0, 0.1) is 0 Å². The highest BCUT2D eigenvalue weighted by Gasteiger charge is 2.48. The Balaban J connectivity index is 2.02. The molecule has 0 radical (unpaired) electrons. The number of hydrogen-bond acceptors (Lipinski definition) is 6. The number of carbonyl (C=O) groups is 3. The quantitative estimate of drug-likeness (QED) is 0.253. The minimum atomic E-state index is -0.804. The summed E-state index contributed by atoms with van der Waals surface area (Å²) in [6.07, 6.45) is 9.38. The summed E-state index contributed by atoms with van der Waals surface area (Å²) >= 11 is 0. The molecule has 1 N–H and O–H groups in total. The lowest BCUT2D eigenvalue weighted by atomic mass is 10.0. The molecule has 1 aromatic rings. The van der Waals surface area contributed by atoms with Crippen LogP contribution in [0.15, 0.2) is 66.8 Å². The van der Waals surface area contributed by atoms with E-state index in [1.54, 1.807) is 37.3 Å². The van der Waals surface area contributed by atoms with Crippen LogP contribution >= 0.6 is 0 Å². The number of ether oxygens (including phenoxy) is 3. The van der Waals surface area contributed by atoms with Gasteiger partial charge in [-0.25, -0.2) is 9.59 Å². The van der Waals surface area contributed by atoms with Crippen molar-refractivity contribution >= 4 is 17.8 Å². The molecule has 2 rings (SSSR count). The molecule has 7 nitrogen and oxygen atoms in total. The number of allylic oxidation sites excluding steroid dienone is 4. The van der Waals surface area contributed by atoms with Crippen LogP contribution in [0.5, 0.6) is 0 Å². The van der Waals surface area contributed by atoms with Crippen LogP contribution in [0.1, 0.15) is 26.3 Å². The van der Waals surface area contributed by atoms with Crippen molar-refractivity contribution in [1.82, 2.24) is 5.32 Å². The molecule has 7 heteroatoms. The predicted molar refractivity (Wildman–Crippen MR) is 116 cm³/mol. The van der Waals surface area contributed by atoms with Gasteiger partial charge in [0.05, 0.1) is 13.2 Å². The summed E-state index contributed by atoms with van der Waals surface area (Å²) in [7, 11) is 0. The first-order chi connectivity index (χ1) is 14.8. The number of amides is 1. The van der Waals surface area contributed by atoms with Crippen LogP contribution in [0.25, 0.3) is 0 Å². The maximum atomic E-state index is 12.8. The van der Waals surface area contributed by atoms with Gasteiger partial charge in [-0.2, -0.15) is 0 Å². The fraction of sp³-hybridized carbons (Fsp3) is 0.375. The van der Waals surface area contributed by atoms with Crippen molar-refractivity contribution in [3.05, 3.63) is 72.4 Å². The van der Waals surface area contributed by atoms with E-state index in [1.807, 2.05) is 37.3 Å². The zero-order chi connectivity index (χ0) is 22.7. The third kappa shape index (κ3) is 8.60. The van der Waals surface area contributed by atoms with Crippen LogP contribution in [0.3, 0.4) is 0 Å². The van der Waals surface area contributed by atoms with Crippen molar-refractivity contribution in [2.24, 2.45) is 0 Å². The van der Waals surface area contributed by atoms with Gasteiger partial charge in [-0.15, -0.1) is 0 Å². The minimum absolute atomic E-state index is 0.310. The molecule has 166 valence electrons. The molecular weight excluding hydrogens is 398 g/mol. The third-order valence-electron chi connectivity index (χ3n) is 4.53. The smallest absolute Gasteiger partial charge is 0.330 e. The van der Waals surface area contributed by atoms with Gasteiger partial charge in [0.1, 0.15) is 11.6 Å². The van der Waals surface area contributed by atoms with Gasteiger partial charge in [0, 0.05) is 19.4 Å². The Hall–Kier alpha value is -3.19. The van der Waals surface area contributed by atoms with Gasteiger partial charge in [-0.1, -0.05) is 54.6 Å². The first-order valence-electron chi connectivity index (χ1n) is 10.2. The predicted octanol–water partition coefficient (Wildman–Crippen LogP) is 2.67. The van der Waals surface area contributed by atoms with Crippen molar-refractivity contribution < 1.29 is 28.6 Å². The molecule has 0 aliphatic carbocycles. The third-order valence-corrected chi connectivity index (χ3v) is 4.53. The number of benzene rings is 1. The van der Waals surface area contributed by atoms with E-state index in [0.29, 0.717) is 19.6 Å². The fourth-order valence-electron chi connectivity index (χ4n) is 2.76. The van der Waals surface area contributed by atoms with Gasteiger partial charge in [-0.05, 0) is 25.5 Å². The van der Waals surface area contributed by atoms with Crippen molar-refractivity contribution in [2.75, 3.05) is 13.2 Å². The summed E-state index contributed by atoms with van der Waals surface area (Å²) in [5, 5.41) is 2.66. The average molecular weight is 427 g/mol. The zero-order valence-electron chi connectivity index (χ0n) is 18.1. The molecule has 1 heterocycles. The van der Waals surface area contributed by atoms with E-state index in [4.69, 9.17) is 14.2 Å². The second-order valence-electron chi connectivity index (χ2n) is 7.28. The molecule has 1 aromatic carbocycles. The second kappa shape index (κ2) is 11.9. The van der Waals surface area contributed by atoms with Crippen LogP contribution in [-0.2, 0) is 35.0 Å². The van der Waals surface area contributed by atoms with E-state index >= 15 is 0 Å². The first kappa shape index (κ1) is 24.1. The number of nitrogens with one attached hydrogen (secondary N) is 1. The first-order valence-corrected chi connectivity index (χ1v) is 10.2. The van der Waals surface area contributed by atoms with Gasteiger partial charge >= 0.3 is 11.9 Å². The SMILES string of the molecule is CCOC(=O)/C=C/C=C\C=C\[C@@H](OC(=O)[C@H](Cc1ccccc1)NC(C)=O)[C@]1(C)CO1. The topological polar surface area (TPSA) is 94.2 Å². The second-order valence-corrected chi connectivity index (χ2v) is 7.28. The molecule has 31 heavy (non-hydrogen) atoms. The molecule has 0 spiro atoms. The Morgan fingerprint density at radius 2 is 1.84 bits per heavy atom. The zero-order valence-corrected chi connectivity index (χ0v) is 18.1. The molecule has 3 atom stereocenters. The molecule has 1 aliphatic rings. The molecule has 0 saturated carbocycles. The van der Waals surface area contributed by atoms with E-state index < -0.39 is 29.7 Å². The van der Waals surface area contributed by atoms with Crippen LogP contribution in [-0.4, -0.2) is 48.8 Å². The molecule has 1 aliphatic heterocycles. The number of rotatable bonds is 11. The lowest BCUT2D eigenvalue weighted by molar-refractivity contribution is -0.153. The van der Waals surface area contributed by atoms with Crippen molar-refractivity contribution in [3.8, 4) is 0 Å². The van der Waals surface area contributed by atoms with Gasteiger partial charge in [0.15, 0.2) is 6.10 Å². The molecule has 1 fully saturated rings. The molecular formula is C24H29NO6. The molecule has 1 saturated heterocycles. The standard InChI is InChI=1S/C24H29NO6/c1-4-29-22(27)15-11-6-5-10-14-21(24(3)17-30-24)31-23(28)20(25-18(2)26)16-19-12-8-7-9-13-19/h5-15,20-21H,4,16-17H2,1-3H3,(H,25,26)/b6-5-,14-10+,15-11+/t20-,21+,24-/m0/s1.